The number of phenols is 2. The molecule has 1 aromatic rings. The summed E-state index contributed by atoms with van der Waals surface area (Å²) in [6, 6.07) is 3.11. The summed E-state index contributed by atoms with van der Waals surface area (Å²) in [4.78, 5) is 26.2. The van der Waals surface area contributed by atoms with Gasteiger partial charge < -0.3 is 10.2 Å². The Hall–Kier alpha value is -0.870. The number of hydrogen-bond acceptors (Lipinski definition) is 5. The van der Waals surface area contributed by atoms with E-state index < -0.39 is 19.0 Å². The first-order valence-corrected chi connectivity index (χ1v) is 4.66. The molecule has 0 bridgehead atoms. The van der Waals surface area contributed by atoms with E-state index in [1.54, 1.807) is 0 Å². The van der Waals surface area contributed by atoms with Gasteiger partial charge in [0.05, 0.1) is 0 Å². The Bertz CT molecular complexity index is 292. The smallest absolute Gasteiger partial charge is 0.445 e. The molecular weight excluding hydrogens is 183 g/mol. The van der Waals surface area contributed by atoms with Crippen molar-refractivity contribution < 1.29 is 24.9 Å². The van der Waals surface area contributed by atoms with E-state index in [0.29, 0.717) is 0 Å². The van der Waals surface area contributed by atoms with Gasteiger partial charge in [0, 0.05) is 6.07 Å². The molecule has 1 aromatic carbocycles. The molecule has 5 N–H and O–H groups in total. The van der Waals surface area contributed by atoms with Crippen LogP contribution in [0.5, 0.6) is 11.5 Å². The van der Waals surface area contributed by atoms with Crippen LogP contribution in [-0.2, 0) is 0 Å². The molecule has 0 unspecified atom stereocenters. The average Bonchev–Trinajstić information content (AvgIpc) is 1.92. The Labute approximate surface area is 68.7 Å². The lowest BCUT2D eigenvalue weighted by Gasteiger charge is -2.04. The summed E-state index contributed by atoms with van der Waals surface area (Å²) in [6.45, 7) is 0. The molecule has 6 heteroatoms. The Balaban J connectivity index is 3.23. The van der Waals surface area contributed by atoms with E-state index in [0.717, 1.165) is 18.2 Å². The van der Waals surface area contributed by atoms with Gasteiger partial charge in [0.25, 0.3) is 0 Å². The second kappa shape index (κ2) is 2.88. The first-order chi connectivity index (χ1) is 5.41. The molecule has 12 heavy (non-hydrogen) atoms. The lowest BCUT2D eigenvalue weighted by molar-refractivity contribution is 0.344. The highest BCUT2D eigenvalue weighted by molar-refractivity contribution is 7.67. The number of aromatic hydroxyl groups is 2. The minimum atomic E-state index is -4.24. The van der Waals surface area contributed by atoms with E-state index >= 15 is 0 Å². The van der Waals surface area contributed by atoms with E-state index in [9.17, 15) is 0 Å². The molecule has 0 fully saturated rings. The molecule has 5 nitrogen and oxygen atoms in total. The van der Waals surface area contributed by atoms with E-state index in [1.807, 2.05) is 0 Å². The Morgan fingerprint density at radius 2 is 1.58 bits per heavy atom. The Kier molecular flexibility index (Phi) is 2.21. The molecule has 0 aliphatic heterocycles. The molecule has 0 aliphatic rings. The zero-order chi connectivity index (χ0) is 9.35. The van der Waals surface area contributed by atoms with Gasteiger partial charge in [-0.05, 0) is 12.1 Å². The summed E-state index contributed by atoms with van der Waals surface area (Å²) in [7, 11) is -4.24. The fourth-order valence-electron chi connectivity index (χ4n) is 0.752. The lowest BCUT2D eigenvalue weighted by Crippen LogP contribution is -2.09. The quantitative estimate of drug-likeness (QED) is 0.303. The number of rotatable bonds is 1. The van der Waals surface area contributed by atoms with E-state index in [1.165, 1.54) is 0 Å². The molecule has 1 rings (SSSR count). The van der Waals surface area contributed by atoms with Gasteiger partial charge in [-0.15, -0.1) is 0 Å². The van der Waals surface area contributed by atoms with E-state index in [4.69, 9.17) is 24.9 Å². The van der Waals surface area contributed by atoms with Gasteiger partial charge in [-0.1, -0.05) is 0 Å². The van der Waals surface area contributed by atoms with Crippen LogP contribution in [0.2, 0.25) is 0 Å². The van der Waals surface area contributed by atoms with Crippen LogP contribution in [-0.4, -0.2) is 24.9 Å². The second-order valence-electron chi connectivity index (χ2n) is 2.24. The first kappa shape index (κ1) is 9.22. The van der Waals surface area contributed by atoms with E-state index in [-0.39, 0.29) is 5.75 Å². The van der Waals surface area contributed by atoms with Crippen LogP contribution in [0, 0.1) is 0 Å². The maximum absolute atomic E-state index is 9.01. The molecule has 0 aromatic heterocycles. The van der Waals surface area contributed by atoms with Crippen LogP contribution in [0.1, 0.15) is 0 Å². The molecule has 0 heterocycles. The molecule has 0 radical (unpaired) electrons. The third-order valence-corrected chi connectivity index (χ3v) is 2.29. The highest BCUT2D eigenvalue weighted by Gasteiger charge is 2.37. The van der Waals surface area contributed by atoms with Gasteiger partial charge in [0.15, 0.2) is 5.75 Å². The third-order valence-electron chi connectivity index (χ3n) is 1.28. The van der Waals surface area contributed by atoms with Crippen molar-refractivity contribution in [2.45, 2.75) is 0 Å². The fraction of sp³-hybridized carbons (Fsp3) is 0. The third kappa shape index (κ3) is 1.84. The van der Waals surface area contributed by atoms with Gasteiger partial charge in [-0.3, -0.25) is 0 Å². The fourth-order valence-corrected chi connectivity index (χ4v) is 1.44. The lowest BCUT2D eigenvalue weighted by atomic mass is 10.3. The van der Waals surface area contributed by atoms with Crippen molar-refractivity contribution in [3.8, 4) is 11.5 Å². The summed E-state index contributed by atoms with van der Waals surface area (Å²) in [5.74, 6) is -0.724. The predicted molar refractivity (Wildman–Crippen MR) is 43.0 cm³/mol. The van der Waals surface area contributed by atoms with Crippen LogP contribution in [0.3, 0.4) is 0 Å². The van der Waals surface area contributed by atoms with Crippen molar-refractivity contribution in [3.63, 3.8) is 0 Å². The van der Waals surface area contributed by atoms with Crippen molar-refractivity contribution in [1.82, 2.24) is 0 Å². The van der Waals surface area contributed by atoms with Crippen LogP contribution >= 0.6 is 7.94 Å². The van der Waals surface area contributed by atoms with Gasteiger partial charge in [-0.2, -0.15) is 14.7 Å². The highest BCUT2D eigenvalue weighted by atomic mass is 31.2. The standard InChI is InChI=1S/C6H7O5P/c7-4-1-2-5(8)6(3-4)12(9,10)11/h1-3,9-11H,(H-,7,8)/p+1. The van der Waals surface area contributed by atoms with Gasteiger partial charge in [0.2, 0.25) is 5.30 Å². The molecule has 0 atom stereocenters. The molecule has 0 saturated carbocycles. The van der Waals surface area contributed by atoms with E-state index in [2.05, 4.69) is 0 Å². The summed E-state index contributed by atoms with van der Waals surface area (Å²) < 4.78 is 0. The van der Waals surface area contributed by atoms with Gasteiger partial charge in [-0.25, -0.2) is 0 Å². The van der Waals surface area contributed by atoms with Gasteiger partial charge >= 0.3 is 7.94 Å². The second-order valence-corrected chi connectivity index (χ2v) is 3.86. The van der Waals surface area contributed by atoms with Crippen LogP contribution < -0.4 is 5.30 Å². The van der Waals surface area contributed by atoms with Crippen LogP contribution in [0.25, 0.3) is 0 Å². The minimum Gasteiger partial charge on any atom is -0.508 e. The predicted octanol–water partition coefficient (Wildman–Crippen LogP) is -0.537. The van der Waals surface area contributed by atoms with Crippen molar-refractivity contribution in [2.75, 3.05) is 0 Å². The minimum absolute atomic E-state index is 0.260. The Morgan fingerprint density at radius 1 is 1.00 bits per heavy atom. The molecule has 0 aliphatic carbocycles. The monoisotopic (exact) mass is 191 g/mol. The van der Waals surface area contributed by atoms with Crippen molar-refractivity contribution in [3.05, 3.63) is 18.2 Å². The maximum Gasteiger partial charge on any atom is 0.445 e. The highest BCUT2D eigenvalue weighted by Crippen LogP contribution is 2.46. The zero-order valence-corrected chi connectivity index (χ0v) is 6.81. The van der Waals surface area contributed by atoms with Crippen LogP contribution in [0.4, 0.5) is 0 Å². The number of benzene rings is 1. The SMILES string of the molecule is Oc1ccc(O)c([P+](O)(O)O)c1. The Morgan fingerprint density at radius 3 is 2.00 bits per heavy atom. The normalized spacial score (nSPS) is 11.6. The first-order valence-electron chi connectivity index (χ1n) is 3.01. The van der Waals surface area contributed by atoms with Gasteiger partial charge in [0.1, 0.15) is 5.75 Å². The average molecular weight is 191 g/mol. The maximum atomic E-state index is 9.01. The summed E-state index contributed by atoms with van der Waals surface area (Å²) >= 11 is 0. The largest absolute Gasteiger partial charge is 0.508 e. The van der Waals surface area contributed by atoms with Crippen molar-refractivity contribution in [1.29, 1.82) is 0 Å². The molecule has 0 saturated heterocycles. The molecule has 0 spiro atoms. The van der Waals surface area contributed by atoms with Crippen molar-refractivity contribution >= 4 is 13.2 Å². The molecule has 0 amide bonds. The zero-order valence-electron chi connectivity index (χ0n) is 5.92. The summed E-state index contributed by atoms with van der Waals surface area (Å²) in [5.41, 5.74) is 0. The summed E-state index contributed by atoms with van der Waals surface area (Å²) in [6.07, 6.45) is 0. The molecular formula is C6H8O5P+. The topological polar surface area (TPSA) is 101 Å². The summed E-state index contributed by atoms with van der Waals surface area (Å²) in [5, 5.41) is 17.4. The number of phenolic OH excluding ortho intramolecular Hbond substituents is 2. The van der Waals surface area contributed by atoms with Crippen molar-refractivity contribution in [2.24, 2.45) is 0 Å². The van der Waals surface area contributed by atoms with Crippen LogP contribution in [0.15, 0.2) is 18.2 Å². The molecule has 66 valence electrons. The number of hydrogen-bond donors (Lipinski definition) is 5.